The highest BCUT2D eigenvalue weighted by molar-refractivity contribution is 5.81. The molecule has 5 nitrogen and oxygen atoms in total. The molecule has 0 unspecified atom stereocenters. The Morgan fingerprint density at radius 2 is 1.36 bits per heavy atom. The van der Waals surface area contributed by atoms with E-state index in [9.17, 15) is 4.79 Å². The third-order valence-corrected chi connectivity index (χ3v) is 5.34. The Labute approximate surface area is 198 Å². The summed E-state index contributed by atoms with van der Waals surface area (Å²) in [6.07, 6.45) is 12.9. The molecule has 0 aliphatic carbocycles. The van der Waals surface area contributed by atoms with Gasteiger partial charge < -0.3 is 9.47 Å². The molecule has 2 aromatic rings. The summed E-state index contributed by atoms with van der Waals surface area (Å²) in [6.45, 7) is 6.67. The number of esters is 1. The van der Waals surface area contributed by atoms with Crippen molar-refractivity contribution >= 4 is 17.3 Å². The van der Waals surface area contributed by atoms with Crippen molar-refractivity contribution < 1.29 is 14.3 Å². The smallest absolute Gasteiger partial charge is 0.330 e. The van der Waals surface area contributed by atoms with Crippen molar-refractivity contribution in [1.82, 2.24) is 0 Å². The number of nitrogens with zero attached hydrogens (tertiary/aromatic N) is 2. The first-order valence-corrected chi connectivity index (χ1v) is 12.2. The highest BCUT2D eigenvalue weighted by atomic mass is 16.5. The third-order valence-electron chi connectivity index (χ3n) is 5.34. The normalized spacial score (nSPS) is 10.9. The second kappa shape index (κ2) is 16.7. The average Bonchev–Trinajstić information content (AvgIpc) is 2.85. The molecule has 2 rings (SSSR count). The molecular weight excluding hydrogens is 412 g/mol. The standard InChI is InChI=1S/C28H38N2O3/c1-3-5-6-7-8-10-13-24-14-16-25(17-15-24)29-30-26-18-20-27(21-19-26)32-22-11-9-12-23-33-28(31)4-2/h4,14-21H,2-3,5-13,22-23H2,1H3. The Bertz CT molecular complexity index is 829. The first-order chi connectivity index (χ1) is 16.2. The summed E-state index contributed by atoms with van der Waals surface area (Å²) in [6, 6.07) is 16.0. The second-order valence-corrected chi connectivity index (χ2v) is 8.16. The molecular formula is C28H38N2O3. The van der Waals surface area contributed by atoms with Crippen molar-refractivity contribution in [1.29, 1.82) is 0 Å². The lowest BCUT2D eigenvalue weighted by atomic mass is 10.0. The molecule has 0 saturated carbocycles. The van der Waals surface area contributed by atoms with Crippen LogP contribution in [0.3, 0.4) is 0 Å². The van der Waals surface area contributed by atoms with Gasteiger partial charge in [-0.3, -0.25) is 0 Å². The van der Waals surface area contributed by atoms with E-state index >= 15 is 0 Å². The summed E-state index contributed by atoms with van der Waals surface area (Å²) in [5.74, 6) is 0.440. The van der Waals surface area contributed by atoms with Crippen LogP contribution in [0.15, 0.2) is 71.4 Å². The van der Waals surface area contributed by atoms with Crippen LogP contribution in [0.25, 0.3) is 0 Å². The highest BCUT2D eigenvalue weighted by Crippen LogP contribution is 2.22. The summed E-state index contributed by atoms with van der Waals surface area (Å²) < 4.78 is 10.7. The maximum Gasteiger partial charge on any atom is 0.330 e. The highest BCUT2D eigenvalue weighted by Gasteiger charge is 1.99. The van der Waals surface area contributed by atoms with Crippen LogP contribution >= 0.6 is 0 Å². The molecule has 0 spiro atoms. The van der Waals surface area contributed by atoms with Crippen LogP contribution in [-0.4, -0.2) is 19.2 Å². The van der Waals surface area contributed by atoms with Crippen molar-refractivity contribution in [3.8, 4) is 5.75 Å². The molecule has 0 saturated heterocycles. The molecule has 0 fully saturated rings. The van der Waals surface area contributed by atoms with Gasteiger partial charge in [0.1, 0.15) is 5.75 Å². The first kappa shape index (κ1) is 26.3. The Morgan fingerprint density at radius 3 is 2.03 bits per heavy atom. The molecule has 2 aromatic carbocycles. The number of carbonyl (C=O) groups excluding carboxylic acids is 1. The average molecular weight is 451 g/mol. The van der Waals surface area contributed by atoms with E-state index in [1.807, 2.05) is 36.4 Å². The SMILES string of the molecule is C=CC(=O)OCCCCCOc1ccc(N=Nc2ccc(CCCCCCCC)cc2)cc1. The number of azo groups is 1. The molecule has 0 amide bonds. The predicted octanol–water partition coefficient (Wildman–Crippen LogP) is 8.28. The van der Waals surface area contributed by atoms with Crippen molar-refractivity contribution in [2.45, 2.75) is 71.1 Å². The number of hydrogen-bond acceptors (Lipinski definition) is 5. The Kier molecular flexibility index (Phi) is 13.3. The molecule has 0 radical (unpaired) electrons. The van der Waals surface area contributed by atoms with E-state index in [0.29, 0.717) is 13.2 Å². The summed E-state index contributed by atoms with van der Waals surface area (Å²) in [4.78, 5) is 10.9. The summed E-state index contributed by atoms with van der Waals surface area (Å²) >= 11 is 0. The van der Waals surface area contributed by atoms with Crippen molar-refractivity contribution in [2.24, 2.45) is 10.2 Å². The molecule has 0 atom stereocenters. The van der Waals surface area contributed by atoms with Gasteiger partial charge in [0.05, 0.1) is 24.6 Å². The Morgan fingerprint density at radius 1 is 0.788 bits per heavy atom. The lowest BCUT2D eigenvalue weighted by molar-refractivity contribution is -0.137. The number of ether oxygens (including phenoxy) is 2. The van der Waals surface area contributed by atoms with E-state index in [0.717, 1.165) is 42.8 Å². The van der Waals surface area contributed by atoms with Crippen molar-refractivity contribution in [3.05, 3.63) is 66.7 Å². The second-order valence-electron chi connectivity index (χ2n) is 8.16. The summed E-state index contributed by atoms with van der Waals surface area (Å²) in [7, 11) is 0. The number of aryl methyl sites for hydroxylation is 1. The van der Waals surface area contributed by atoms with Crippen LogP contribution in [-0.2, 0) is 16.0 Å². The third kappa shape index (κ3) is 12.0. The topological polar surface area (TPSA) is 60.2 Å². The molecule has 0 bridgehead atoms. The lowest BCUT2D eigenvalue weighted by Gasteiger charge is -2.06. The zero-order valence-corrected chi connectivity index (χ0v) is 20.0. The molecule has 33 heavy (non-hydrogen) atoms. The molecule has 5 heteroatoms. The molecule has 0 aromatic heterocycles. The van der Waals surface area contributed by atoms with Crippen LogP contribution in [0, 0.1) is 0 Å². The van der Waals surface area contributed by atoms with Gasteiger partial charge in [0, 0.05) is 6.08 Å². The zero-order valence-electron chi connectivity index (χ0n) is 20.0. The maximum atomic E-state index is 10.9. The van der Waals surface area contributed by atoms with Crippen LogP contribution in [0.5, 0.6) is 5.75 Å². The predicted molar refractivity (Wildman–Crippen MR) is 135 cm³/mol. The van der Waals surface area contributed by atoms with Gasteiger partial charge in [0.15, 0.2) is 0 Å². The lowest BCUT2D eigenvalue weighted by Crippen LogP contribution is -2.03. The van der Waals surface area contributed by atoms with Crippen LogP contribution in [0.1, 0.15) is 70.3 Å². The van der Waals surface area contributed by atoms with Gasteiger partial charge in [-0.25, -0.2) is 4.79 Å². The number of hydrogen-bond donors (Lipinski definition) is 0. The summed E-state index contributed by atoms with van der Waals surface area (Å²) in [5.41, 5.74) is 3.02. The van der Waals surface area contributed by atoms with E-state index in [4.69, 9.17) is 9.47 Å². The molecule has 178 valence electrons. The number of benzene rings is 2. The van der Waals surface area contributed by atoms with Gasteiger partial charge >= 0.3 is 5.97 Å². The number of rotatable bonds is 17. The monoisotopic (exact) mass is 450 g/mol. The van der Waals surface area contributed by atoms with Crippen LogP contribution in [0.4, 0.5) is 11.4 Å². The van der Waals surface area contributed by atoms with Crippen molar-refractivity contribution in [3.63, 3.8) is 0 Å². The fraction of sp³-hybridized carbons (Fsp3) is 0.464. The van der Waals surface area contributed by atoms with Gasteiger partial charge in [0.25, 0.3) is 0 Å². The van der Waals surface area contributed by atoms with E-state index in [2.05, 4.69) is 35.9 Å². The Hall–Kier alpha value is -2.95. The number of carbonyl (C=O) groups is 1. The van der Waals surface area contributed by atoms with E-state index in [1.165, 1.54) is 50.2 Å². The molecule has 0 aliphatic rings. The van der Waals surface area contributed by atoms with Gasteiger partial charge in [-0.15, -0.1) is 0 Å². The minimum absolute atomic E-state index is 0.371. The van der Waals surface area contributed by atoms with E-state index < -0.39 is 0 Å². The Balaban J connectivity index is 1.63. The fourth-order valence-electron chi connectivity index (χ4n) is 3.37. The largest absolute Gasteiger partial charge is 0.494 e. The minimum Gasteiger partial charge on any atom is -0.494 e. The van der Waals surface area contributed by atoms with Gasteiger partial charge in [-0.2, -0.15) is 10.2 Å². The number of unbranched alkanes of at least 4 members (excludes halogenated alkanes) is 7. The van der Waals surface area contributed by atoms with Gasteiger partial charge in [0.2, 0.25) is 0 Å². The van der Waals surface area contributed by atoms with Gasteiger partial charge in [-0.05, 0) is 74.1 Å². The fourth-order valence-corrected chi connectivity index (χ4v) is 3.37. The molecule has 0 aliphatic heterocycles. The van der Waals surface area contributed by atoms with Gasteiger partial charge in [-0.1, -0.05) is 57.7 Å². The maximum absolute atomic E-state index is 10.9. The minimum atomic E-state index is -0.371. The molecule has 0 heterocycles. The summed E-state index contributed by atoms with van der Waals surface area (Å²) in [5, 5.41) is 8.67. The van der Waals surface area contributed by atoms with E-state index in [1.54, 1.807) is 0 Å². The zero-order chi connectivity index (χ0) is 23.6. The first-order valence-electron chi connectivity index (χ1n) is 12.2. The van der Waals surface area contributed by atoms with Crippen LogP contribution in [0.2, 0.25) is 0 Å². The van der Waals surface area contributed by atoms with Crippen molar-refractivity contribution in [2.75, 3.05) is 13.2 Å². The van der Waals surface area contributed by atoms with E-state index in [-0.39, 0.29) is 5.97 Å². The van der Waals surface area contributed by atoms with Crippen LogP contribution < -0.4 is 4.74 Å². The quantitative estimate of drug-likeness (QED) is 0.105. The molecule has 0 N–H and O–H groups in total.